The van der Waals surface area contributed by atoms with Gasteiger partial charge in [0.2, 0.25) is 0 Å². The number of rotatable bonds is 4. The van der Waals surface area contributed by atoms with Gasteiger partial charge in [-0.25, -0.2) is 4.79 Å². The maximum Gasteiger partial charge on any atom is 0.410 e. The molecule has 0 aromatic heterocycles. The molecule has 144 valence electrons. The van der Waals surface area contributed by atoms with Gasteiger partial charge in [-0.15, -0.1) is 0 Å². The van der Waals surface area contributed by atoms with E-state index in [1.54, 1.807) is 0 Å². The molecule has 2 aliphatic rings. The number of carbonyl (C=O) groups is 1. The lowest BCUT2D eigenvalue weighted by Gasteiger charge is -2.38. The van der Waals surface area contributed by atoms with Crippen molar-refractivity contribution in [1.82, 2.24) is 4.90 Å². The van der Waals surface area contributed by atoms with Crippen molar-refractivity contribution in [3.63, 3.8) is 0 Å². The average Bonchev–Trinajstić information content (AvgIpc) is 3.23. The van der Waals surface area contributed by atoms with Gasteiger partial charge in [0.15, 0.2) is 0 Å². The van der Waals surface area contributed by atoms with E-state index in [2.05, 4.69) is 6.07 Å². The van der Waals surface area contributed by atoms with Crippen molar-refractivity contribution in [1.29, 1.82) is 0 Å². The van der Waals surface area contributed by atoms with Gasteiger partial charge in [-0.3, -0.25) is 0 Å². The second-order valence-corrected chi connectivity index (χ2v) is 9.27. The molecule has 1 amide bonds. The van der Waals surface area contributed by atoms with Gasteiger partial charge >= 0.3 is 6.09 Å². The predicted molar refractivity (Wildman–Crippen MR) is 104 cm³/mol. The monoisotopic (exact) mass is 399 g/mol. The summed E-state index contributed by atoms with van der Waals surface area (Å²) in [5.41, 5.74) is 0.603. The van der Waals surface area contributed by atoms with E-state index in [1.165, 1.54) is 5.56 Å². The zero-order chi connectivity index (χ0) is 19.2. The van der Waals surface area contributed by atoms with Crippen LogP contribution in [0, 0.1) is 5.41 Å². The fourth-order valence-corrected chi connectivity index (χ4v) is 4.52. The predicted octanol–water partition coefficient (Wildman–Crippen LogP) is 5.30. The van der Waals surface area contributed by atoms with Gasteiger partial charge in [0.25, 0.3) is 0 Å². The van der Waals surface area contributed by atoms with Crippen molar-refractivity contribution < 1.29 is 14.3 Å². The van der Waals surface area contributed by atoms with Crippen molar-refractivity contribution in [2.24, 2.45) is 5.41 Å². The number of carbonyl (C=O) groups excluding carboxylic acids is 1. The van der Waals surface area contributed by atoms with Gasteiger partial charge in [-0.1, -0.05) is 29.3 Å². The number of benzene rings is 1. The van der Waals surface area contributed by atoms with Crippen molar-refractivity contribution in [3.05, 3.63) is 33.8 Å². The second-order valence-electron chi connectivity index (χ2n) is 8.46. The Labute approximate surface area is 165 Å². The summed E-state index contributed by atoms with van der Waals surface area (Å²) < 4.78 is 11.4. The fraction of sp³-hybridized carbons (Fsp3) is 0.650. The van der Waals surface area contributed by atoms with Crippen LogP contribution in [0.25, 0.3) is 0 Å². The Hall–Kier alpha value is -0.970. The molecule has 2 fully saturated rings. The molecule has 1 aromatic rings. The first kappa shape index (κ1) is 19.8. The van der Waals surface area contributed by atoms with E-state index in [4.69, 9.17) is 32.7 Å². The highest BCUT2D eigenvalue weighted by molar-refractivity contribution is 6.42. The fourth-order valence-electron chi connectivity index (χ4n) is 4.23. The molecule has 6 heteroatoms. The minimum absolute atomic E-state index is 0.00505. The van der Waals surface area contributed by atoms with Gasteiger partial charge in [0.1, 0.15) is 5.60 Å². The number of halogens is 2. The van der Waals surface area contributed by atoms with Crippen LogP contribution in [0.1, 0.15) is 46.1 Å². The van der Waals surface area contributed by atoms with E-state index < -0.39 is 5.60 Å². The Kier molecular flexibility index (Phi) is 5.24. The summed E-state index contributed by atoms with van der Waals surface area (Å²) in [6, 6.07) is 5.89. The standard InChI is InChI=1S/C20H27Cl2NO3/c1-5-25-13-19-11-20(19,14-6-7-15(21)16(22)10-14)8-9-23(12-19)17(24)26-18(2,3)4/h6-7,10H,5,8-9,11-13H2,1-4H3. The number of likely N-dealkylation sites (tertiary alicyclic amines) is 1. The van der Waals surface area contributed by atoms with Crippen molar-refractivity contribution >= 4 is 29.3 Å². The first-order chi connectivity index (χ1) is 12.1. The number of hydrogen-bond acceptors (Lipinski definition) is 3. The molecule has 1 aliphatic carbocycles. The molecule has 0 bridgehead atoms. The van der Waals surface area contributed by atoms with E-state index in [0.29, 0.717) is 36.3 Å². The molecule has 4 nitrogen and oxygen atoms in total. The van der Waals surface area contributed by atoms with E-state index >= 15 is 0 Å². The molecule has 1 aliphatic heterocycles. The smallest absolute Gasteiger partial charge is 0.410 e. The van der Waals surface area contributed by atoms with Gasteiger partial charge in [-0.05, 0) is 58.2 Å². The summed E-state index contributed by atoms with van der Waals surface area (Å²) in [4.78, 5) is 14.4. The summed E-state index contributed by atoms with van der Waals surface area (Å²) in [7, 11) is 0. The molecule has 1 saturated heterocycles. The molecule has 2 unspecified atom stereocenters. The Bertz CT molecular complexity index is 703. The summed E-state index contributed by atoms with van der Waals surface area (Å²) in [5, 5.41) is 1.14. The molecule has 26 heavy (non-hydrogen) atoms. The summed E-state index contributed by atoms with van der Waals surface area (Å²) in [5.74, 6) is 0. The van der Waals surface area contributed by atoms with Gasteiger partial charge in [-0.2, -0.15) is 0 Å². The number of hydrogen-bond donors (Lipinski definition) is 0. The summed E-state index contributed by atoms with van der Waals surface area (Å²) >= 11 is 12.4. The molecule has 0 radical (unpaired) electrons. The summed E-state index contributed by atoms with van der Waals surface area (Å²) in [6.07, 6.45) is 1.61. The van der Waals surface area contributed by atoms with Crippen molar-refractivity contribution in [2.75, 3.05) is 26.3 Å². The first-order valence-corrected chi connectivity index (χ1v) is 9.89. The minimum atomic E-state index is -0.494. The van der Waals surface area contributed by atoms with E-state index in [1.807, 2.05) is 44.7 Å². The van der Waals surface area contributed by atoms with Crippen LogP contribution in [0.5, 0.6) is 0 Å². The first-order valence-electron chi connectivity index (χ1n) is 9.14. The third-order valence-electron chi connectivity index (χ3n) is 5.54. The van der Waals surface area contributed by atoms with Crippen LogP contribution in [0.15, 0.2) is 18.2 Å². The van der Waals surface area contributed by atoms with Crippen LogP contribution in [0.2, 0.25) is 10.0 Å². The third-order valence-corrected chi connectivity index (χ3v) is 6.28. The van der Waals surface area contributed by atoms with E-state index in [0.717, 1.165) is 12.8 Å². The van der Waals surface area contributed by atoms with Crippen LogP contribution < -0.4 is 0 Å². The van der Waals surface area contributed by atoms with Crippen LogP contribution in [0.4, 0.5) is 4.79 Å². The van der Waals surface area contributed by atoms with Crippen LogP contribution in [0.3, 0.4) is 0 Å². The van der Waals surface area contributed by atoms with Crippen LogP contribution >= 0.6 is 23.2 Å². The van der Waals surface area contributed by atoms with Gasteiger partial charge in [0, 0.05) is 30.5 Å². The number of ether oxygens (including phenoxy) is 2. The number of amides is 1. The topological polar surface area (TPSA) is 38.8 Å². The average molecular weight is 400 g/mol. The Morgan fingerprint density at radius 2 is 2.00 bits per heavy atom. The largest absolute Gasteiger partial charge is 0.444 e. The highest BCUT2D eigenvalue weighted by Crippen LogP contribution is 2.69. The zero-order valence-electron chi connectivity index (χ0n) is 15.9. The van der Waals surface area contributed by atoms with Crippen molar-refractivity contribution in [2.45, 2.75) is 51.6 Å². The van der Waals surface area contributed by atoms with Gasteiger partial charge in [0.05, 0.1) is 16.7 Å². The number of nitrogens with zero attached hydrogens (tertiary/aromatic N) is 1. The Balaban J connectivity index is 1.84. The normalized spacial score (nSPS) is 27.8. The molecule has 1 heterocycles. The quantitative estimate of drug-likeness (QED) is 0.689. The molecule has 2 atom stereocenters. The number of piperidine rings is 1. The van der Waals surface area contributed by atoms with Gasteiger partial charge < -0.3 is 14.4 Å². The summed E-state index contributed by atoms with van der Waals surface area (Å²) in [6.45, 7) is 10.3. The SMILES string of the molecule is CCOCC12CN(C(=O)OC(C)(C)C)CCC1(c1ccc(Cl)c(Cl)c1)C2. The lowest BCUT2D eigenvalue weighted by Crippen LogP contribution is -2.48. The number of fused-ring (bicyclic) bond motifs is 1. The third kappa shape index (κ3) is 3.56. The lowest BCUT2D eigenvalue weighted by molar-refractivity contribution is 0.00206. The molecule has 1 aromatic carbocycles. The lowest BCUT2D eigenvalue weighted by atomic mass is 9.80. The highest BCUT2D eigenvalue weighted by Gasteiger charge is 2.70. The Morgan fingerprint density at radius 1 is 1.27 bits per heavy atom. The molecular formula is C20H27Cl2NO3. The Morgan fingerprint density at radius 3 is 2.62 bits per heavy atom. The molecule has 0 N–H and O–H groups in total. The highest BCUT2D eigenvalue weighted by atomic mass is 35.5. The minimum Gasteiger partial charge on any atom is -0.444 e. The maximum atomic E-state index is 12.6. The second kappa shape index (κ2) is 6.88. The van der Waals surface area contributed by atoms with E-state index in [-0.39, 0.29) is 16.9 Å². The molecule has 3 rings (SSSR count). The van der Waals surface area contributed by atoms with Crippen LogP contribution in [-0.4, -0.2) is 42.9 Å². The van der Waals surface area contributed by atoms with Crippen molar-refractivity contribution in [3.8, 4) is 0 Å². The van der Waals surface area contributed by atoms with Crippen LogP contribution in [-0.2, 0) is 14.9 Å². The molecular weight excluding hydrogens is 373 g/mol. The molecule has 0 spiro atoms. The van der Waals surface area contributed by atoms with E-state index in [9.17, 15) is 4.79 Å². The zero-order valence-corrected chi connectivity index (χ0v) is 17.4. The maximum absolute atomic E-state index is 12.6. The molecule has 1 saturated carbocycles.